The van der Waals surface area contributed by atoms with Crippen molar-refractivity contribution in [2.24, 2.45) is 0 Å². The van der Waals surface area contributed by atoms with Gasteiger partial charge in [0.25, 0.3) is 5.56 Å². The maximum Gasteiger partial charge on any atom is 0.258 e. The molecule has 0 N–H and O–H groups in total. The molecule has 0 fully saturated rings. The molecule has 3 aromatic rings. The average Bonchev–Trinajstić information content (AvgIpc) is 2.67. The van der Waals surface area contributed by atoms with Gasteiger partial charge < -0.3 is 14.0 Å². The van der Waals surface area contributed by atoms with E-state index in [9.17, 15) is 4.79 Å². The van der Waals surface area contributed by atoms with Crippen molar-refractivity contribution < 1.29 is 9.47 Å². The van der Waals surface area contributed by atoms with Gasteiger partial charge in [0.15, 0.2) is 0 Å². The lowest BCUT2D eigenvalue weighted by molar-refractivity contribution is 0.301. The second-order valence-electron chi connectivity index (χ2n) is 5.97. The summed E-state index contributed by atoms with van der Waals surface area (Å²) < 4.78 is 12.7. The highest BCUT2D eigenvalue weighted by Gasteiger charge is 2.04. The van der Waals surface area contributed by atoms with E-state index in [1.54, 1.807) is 11.7 Å². The van der Waals surface area contributed by atoms with Crippen LogP contribution < -0.4 is 15.0 Å². The summed E-state index contributed by atoms with van der Waals surface area (Å²) in [4.78, 5) is 12.5. The fraction of sp³-hybridized carbons (Fsp3) is 0.286. The molecular weight excluding hydrogens is 314 g/mol. The smallest absolute Gasteiger partial charge is 0.258 e. The van der Waals surface area contributed by atoms with E-state index in [0.29, 0.717) is 18.5 Å². The van der Waals surface area contributed by atoms with E-state index in [1.807, 2.05) is 42.6 Å². The molecule has 0 spiro atoms. The van der Waals surface area contributed by atoms with Crippen molar-refractivity contribution in [3.63, 3.8) is 0 Å². The first kappa shape index (κ1) is 17.1. The van der Waals surface area contributed by atoms with E-state index in [2.05, 4.69) is 19.1 Å². The van der Waals surface area contributed by atoms with Crippen LogP contribution >= 0.6 is 0 Å². The van der Waals surface area contributed by atoms with Crippen LogP contribution in [0.25, 0.3) is 10.8 Å². The predicted octanol–water partition coefficient (Wildman–Crippen LogP) is 4.04. The molecule has 130 valence electrons. The number of rotatable bonds is 7. The zero-order chi connectivity index (χ0) is 17.6. The monoisotopic (exact) mass is 337 g/mol. The number of nitrogens with zero attached hydrogens (tertiary/aromatic N) is 1. The number of hydrogen-bond donors (Lipinski definition) is 0. The summed E-state index contributed by atoms with van der Waals surface area (Å²) in [6.45, 7) is 3.35. The second-order valence-corrected chi connectivity index (χ2v) is 5.97. The molecular formula is C21H23NO3. The quantitative estimate of drug-likeness (QED) is 0.611. The number of ether oxygens (including phenoxy) is 2. The number of hydrogen-bond acceptors (Lipinski definition) is 3. The standard InChI is InChI=1S/C21H23NO3/c1-3-16-5-7-18(8-6-16)25-14-4-12-22-13-11-17-15-19(24-2)9-10-20(17)21(22)23/h5-11,13,15H,3-4,12,14H2,1-2H3. The lowest BCUT2D eigenvalue weighted by Gasteiger charge is -2.10. The summed E-state index contributed by atoms with van der Waals surface area (Å²) in [5.41, 5.74) is 1.32. The van der Waals surface area contributed by atoms with Gasteiger partial charge in [-0.05, 0) is 60.2 Å². The molecule has 0 atom stereocenters. The SMILES string of the molecule is CCc1ccc(OCCCn2ccc3cc(OC)ccc3c2=O)cc1. The highest BCUT2D eigenvalue weighted by molar-refractivity contribution is 5.82. The number of pyridine rings is 1. The predicted molar refractivity (Wildman–Crippen MR) is 101 cm³/mol. The van der Waals surface area contributed by atoms with Crippen LogP contribution in [-0.4, -0.2) is 18.3 Å². The van der Waals surface area contributed by atoms with E-state index in [0.717, 1.165) is 29.7 Å². The van der Waals surface area contributed by atoms with Crippen molar-refractivity contribution >= 4 is 10.8 Å². The van der Waals surface area contributed by atoms with Gasteiger partial charge in [0.2, 0.25) is 0 Å². The van der Waals surface area contributed by atoms with Crippen LogP contribution in [0, 0.1) is 0 Å². The fourth-order valence-electron chi connectivity index (χ4n) is 2.82. The van der Waals surface area contributed by atoms with E-state index >= 15 is 0 Å². The maximum atomic E-state index is 12.5. The van der Waals surface area contributed by atoms with Gasteiger partial charge in [-0.3, -0.25) is 4.79 Å². The molecule has 1 heterocycles. The molecule has 4 nitrogen and oxygen atoms in total. The summed E-state index contributed by atoms with van der Waals surface area (Å²) in [5.74, 6) is 1.63. The Morgan fingerprint density at radius 2 is 1.76 bits per heavy atom. The topological polar surface area (TPSA) is 40.5 Å². The molecule has 4 heteroatoms. The highest BCUT2D eigenvalue weighted by Crippen LogP contribution is 2.18. The lowest BCUT2D eigenvalue weighted by atomic mass is 10.1. The first-order chi connectivity index (χ1) is 12.2. The van der Waals surface area contributed by atoms with Crippen molar-refractivity contribution in [1.82, 2.24) is 4.57 Å². The molecule has 0 bridgehead atoms. The number of fused-ring (bicyclic) bond motifs is 1. The summed E-state index contributed by atoms with van der Waals surface area (Å²) in [7, 11) is 1.62. The van der Waals surface area contributed by atoms with E-state index < -0.39 is 0 Å². The Hall–Kier alpha value is -2.75. The van der Waals surface area contributed by atoms with Crippen LogP contribution in [0.15, 0.2) is 59.5 Å². The molecule has 0 aliphatic heterocycles. The number of aryl methyl sites for hydroxylation is 2. The maximum absolute atomic E-state index is 12.5. The summed E-state index contributed by atoms with van der Waals surface area (Å²) in [5, 5.41) is 1.60. The Balaban J connectivity index is 1.61. The summed E-state index contributed by atoms with van der Waals surface area (Å²) in [6, 6.07) is 15.6. The Kier molecular flexibility index (Phi) is 5.39. The first-order valence-corrected chi connectivity index (χ1v) is 8.60. The summed E-state index contributed by atoms with van der Waals surface area (Å²) in [6.07, 6.45) is 3.63. The van der Waals surface area contributed by atoms with Crippen LogP contribution in [0.4, 0.5) is 0 Å². The third-order valence-corrected chi connectivity index (χ3v) is 4.33. The van der Waals surface area contributed by atoms with Gasteiger partial charge in [0, 0.05) is 18.1 Å². The summed E-state index contributed by atoms with van der Waals surface area (Å²) >= 11 is 0. The van der Waals surface area contributed by atoms with Crippen LogP contribution in [0.1, 0.15) is 18.9 Å². The highest BCUT2D eigenvalue weighted by atomic mass is 16.5. The van der Waals surface area contributed by atoms with Crippen molar-refractivity contribution in [3.05, 3.63) is 70.6 Å². The van der Waals surface area contributed by atoms with Crippen molar-refractivity contribution in [2.45, 2.75) is 26.3 Å². The third kappa shape index (κ3) is 4.02. The Morgan fingerprint density at radius 1 is 1.00 bits per heavy atom. The Labute approximate surface area is 147 Å². The number of methoxy groups -OCH3 is 1. The Morgan fingerprint density at radius 3 is 2.48 bits per heavy atom. The van der Waals surface area contributed by atoms with Crippen LogP contribution in [0.3, 0.4) is 0 Å². The molecule has 0 unspecified atom stereocenters. The van der Waals surface area contributed by atoms with Crippen molar-refractivity contribution in [2.75, 3.05) is 13.7 Å². The molecule has 0 saturated heterocycles. The molecule has 2 aromatic carbocycles. The fourth-order valence-corrected chi connectivity index (χ4v) is 2.82. The minimum atomic E-state index is 0.0208. The molecule has 0 aliphatic carbocycles. The van der Waals surface area contributed by atoms with Crippen LogP contribution in [0.2, 0.25) is 0 Å². The van der Waals surface area contributed by atoms with Crippen LogP contribution in [0.5, 0.6) is 11.5 Å². The van der Waals surface area contributed by atoms with Gasteiger partial charge >= 0.3 is 0 Å². The molecule has 1 aromatic heterocycles. The van der Waals surface area contributed by atoms with Gasteiger partial charge in [-0.1, -0.05) is 19.1 Å². The second kappa shape index (κ2) is 7.88. The minimum absolute atomic E-state index is 0.0208. The van der Waals surface area contributed by atoms with E-state index in [4.69, 9.17) is 9.47 Å². The van der Waals surface area contributed by atoms with Gasteiger partial charge in [-0.25, -0.2) is 0 Å². The van der Waals surface area contributed by atoms with E-state index in [1.165, 1.54) is 5.56 Å². The zero-order valence-corrected chi connectivity index (χ0v) is 14.7. The third-order valence-electron chi connectivity index (χ3n) is 4.33. The molecule has 0 saturated carbocycles. The van der Waals surface area contributed by atoms with Gasteiger partial charge in [-0.2, -0.15) is 0 Å². The molecule has 0 radical (unpaired) electrons. The lowest BCUT2D eigenvalue weighted by Crippen LogP contribution is -2.20. The molecule has 0 amide bonds. The molecule has 3 rings (SSSR count). The number of benzene rings is 2. The van der Waals surface area contributed by atoms with Gasteiger partial charge in [-0.15, -0.1) is 0 Å². The molecule has 25 heavy (non-hydrogen) atoms. The normalized spacial score (nSPS) is 10.8. The van der Waals surface area contributed by atoms with Gasteiger partial charge in [0.1, 0.15) is 11.5 Å². The van der Waals surface area contributed by atoms with E-state index in [-0.39, 0.29) is 5.56 Å². The largest absolute Gasteiger partial charge is 0.497 e. The molecule has 0 aliphatic rings. The van der Waals surface area contributed by atoms with Gasteiger partial charge in [0.05, 0.1) is 13.7 Å². The number of aromatic nitrogens is 1. The zero-order valence-electron chi connectivity index (χ0n) is 14.7. The van der Waals surface area contributed by atoms with Crippen molar-refractivity contribution in [1.29, 1.82) is 0 Å². The first-order valence-electron chi connectivity index (χ1n) is 8.60. The van der Waals surface area contributed by atoms with Crippen LogP contribution in [-0.2, 0) is 13.0 Å². The van der Waals surface area contributed by atoms with Crippen molar-refractivity contribution in [3.8, 4) is 11.5 Å². The Bertz CT molecular complexity index is 897. The minimum Gasteiger partial charge on any atom is -0.497 e. The average molecular weight is 337 g/mol.